The molecule has 2 rings (SSSR count). The van der Waals surface area contributed by atoms with Gasteiger partial charge < -0.3 is 4.42 Å². The molecule has 1 aliphatic carbocycles. The fourth-order valence-corrected chi connectivity index (χ4v) is 1.55. The van der Waals surface area contributed by atoms with Gasteiger partial charge in [-0.15, -0.1) is 0 Å². The monoisotopic (exact) mass is 193 g/mol. The summed E-state index contributed by atoms with van der Waals surface area (Å²) in [7, 11) is 1.97. The summed E-state index contributed by atoms with van der Waals surface area (Å²) in [5.41, 5.74) is 1.12. The van der Waals surface area contributed by atoms with Gasteiger partial charge in [0.05, 0.1) is 19.1 Å². The predicted molar refractivity (Wildman–Crippen MR) is 52.8 cm³/mol. The predicted octanol–water partition coefficient (Wildman–Crippen LogP) is 1.69. The van der Waals surface area contributed by atoms with Crippen LogP contribution in [0.1, 0.15) is 18.4 Å². The molecule has 1 aromatic rings. The minimum Gasteiger partial charge on any atom is -0.472 e. The van der Waals surface area contributed by atoms with Gasteiger partial charge in [-0.05, 0) is 26.0 Å². The van der Waals surface area contributed by atoms with Crippen molar-refractivity contribution in [3.8, 4) is 0 Å². The Morgan fingerprint density at radius 3 is 3.00 bits per heavy atom. The number of ketones is 1. The molecule has 0 aromatic carbocycles. The quantitative estimate of drug-likeness (QED) is 0.713. The molecule has 0 unspecified atom stereocenters. The van der Waals surface area contributed by atoms with Crippen LogP contribution in [-0.2, 0) is 11.3 Å². The Bertz CT molecular complexity index is 301. The van der Waals surface area contributed by atoms with Gasteiger partial charge in [-0.3, -0.25) is 9.69 Å². The van der Waals surface area contributed by atoms with Crippen molar-refractivity contribution >= 4 is 5.78 Å². The Kier molecular flexibility index (Phi) is 2.68. The first-order valence-corrected chi connectivity index (χ1v) is 4.98. The molecular formula is C11H15NO2. The van der Waals surface area contributed by atoms with E-state index in [4.69, 9.17) is 4.42 Å². The molecule has 14 heavy (non-hydrogen) atoms. The number of carbonyl (C=O) groups is 1. The van der Waals surface area contributed by atoms with Crippen molar-refractivity contribution in [3.05, 3.63) is 24.2 Å². The zero-order chi connectivity index (χ0) is 9.97. The van der Waals surface area contributed by atoms with E-state index < -0.39 is 0 Å². The number of hydrogen-bond acceptors (Lipinski definition) is 3. The van der Waals surface area contributed by atoms with E-state index >= 15 is 0 Å². The van der Waals surface area contributed by atoms with E-state index in [1.807, 2.05) is 18.0 Å². The van der Waals surface area contributed by atoms with Gasteiger partial charge in [-0.2, -0.15) is 0 Å². The molecule has 1 aromatic heterocycles. The summed E-state index contributed by atoms with van der Waals surface area (Å²) in [6.07, 6.45) is 5.57. The van der Waals surface area contributed by atoms with E-state index in [9.17, 15) is 4.79 Å². The standard InChI is InChI=1S/C11H15NO2/c1-12(6-9-4-5-14-8-9)7-11(13)10-2-3-10/h4-5,8,10H,2-3,6-7H2,1H3. The first kappa shape index (κ1) is 9.46. The lowest BCUT2D eigenvalue weighted by Gasteiger charge is -2.13. The fraction of sp³-hybridized carbons (Fsp3) is 0.545. The van der Waals surface area contributed by atoms with Crippen LogP contribution in [0.15, 0.2) is 23.0 Å². The summed E-state index contributed by atoms with van der Waals surface area (Å²) in [4.78, 5) is 13.5. The number of Topliss-reactive ketones (excluding diaryl/α,β-unsaturated/α-hetero) is 1. The Hall–Kier alpha value is -1.09. The van der Waals surface area contributed by atoms with Crippen molar-refractivity contribution < 1.29 is 9.21 Å². The van der Waals surface area contributed by atoms with Crippen LogP contribution in [0.2, 0.25) is 0 Å². The summed E-state index contributed by atoms with van der Waals surface area (Å²) >= 11 is 0. The van der Waals surface area contributed by atoms with Crippen molar-refractivity contribution in [1.29, 1.82) is 0 Å². The molecule has 0 atom stereocenters. The minimum absolute atomic E-state index is 0.363. The largest absolute Gasteiger partial charge is 0.472 e. The smallest absolute Gasteiger partial charge is 0.149 e. The number of rotatable bonds is 5. The van der Waals surface area contributed by atoms with Gasteiger partial charge >= 0.3 is 0 Å². The molecule has 1 fully saturated rings. The number of furan rings is 1. The van der Waals surface area contributed by atoms with Gasteiger partial charge in [0.25, 0.3) is 0 Å². The van der Waals surface area contributed by atoms with Crippen molar-refractivity contribution in [2.24, 2.45) is 5.92 Å². The lowest BCUT2D eigenvalue weighted by molar-refractivity contribution is -0.121. The molecular weight excluding hydrogens is 178 g/mol. The third kappa shape index (κ3) is 2.45. The van der Waals surface area contributed by atoms with Gasteiger partial charge in [0.15, 0.2) is 0 Å². The molecule has 3 nitrogen and oxygen atoms in total. The van der Waals surface area contributed by atoms with Crippen molar-refractivity contribution in [1.82, 2.24) is 4.90 Å². The van der Waals surface area contributed by atoms with E-state index in [0.29, 0.717) is 18.2 Å². The van der Waals surface area contributed by atoms with Gasteiger partial charge in [0, 0.05) is 18.0 Å². The SMILES string of the molecule is CN(CC(=O)C1CC1)Cc1ccoc1. The highest BCUT2D eigenvalue weighted by molar-refractivity contribution is 5.84. The van der Waals surface area contributed by atoms with E-state index in [1.165, 1.54) is 0 Å². The van der Waals surface area contributed by atoms with Crippen LogP contribution < -0.4 is 0 Å². The molecule has 0 radical (unpaired) electrons. The normalized spacial score (nSPS) is 16.1. The molecule has 1 aliphatic rings. The number of likely N-dealkylation sites (N-methyl/N-ethyl adjacent to an activating group) is 1. The summed E-state index contributed by atoms with van der Waals surface area (Å²) in [6, 6.07) is 1.93. The third-order valence-electron chi connectivity index (χ3n) is 2.49. The Morgan fingerprint density at radius 2 is 2.43 bits per heavy atom. The van der Waals surface area contributed by atoms with Crippen LogP contribution in [0.5, 0.6) is 0 Å². The summed E-state index contributed by atoms with van der Waals surface area (Å²) in [6.45, 7) is 1.35. The highest BCUT2D eigenvalue weighted by Gasteiger charge is 2.29. The molecule has 3 heteroatoms. The van der Waals surface area contributed by atoms with E-state index in [-0.39, 0.29) is 0 Å². The van der Waals surface area contributed by atoms with E-state index in [1.54, 1.807) is 12.5 Å². The Morgan fingerprint density at radius 1 is 1.64 bits per heavy atom. The minimum atomic E-state index is 0.363. The van der Waals surface area contributed by atoms with Crippen LogP contribution in [0.3, 0.4) is 0 Å². The van der Waals surface area contributed by atoms with Crippen LogP contribution in [-0.4, -0.2) is 24.3 Å². The van der Waals surface area contributed by atoms with E-state index in [0.717, 1.165) is 24.9 Å². The number of nitrogens with zero attached hydrogens (tertiary/aromatic N) is 1. The Labute approximate surface area is 83.7 Å². The van der Waals surface area contributed by atoms with Gasteiger partial charge in [-0.25, -0.2) is 0 Å². The molecule has 0 amide bonds. The third-order valence-corrected chi connectivity index (χ3v) is 2.49. The first-order chi connectivity index (χ1) is 6.75. The van der Waals surface area contributed by atoms with E-state index in [2.05, 4.69) is 0 Å². The molecule has 0 saturated heterocycles. The van der Waals surface area contributed by atoms with Crippen molar-refractivity contribution in [2.75, 3.05) is 13.6 Å². The van der Waals surface area contributed by atoms with Gasteiger partial charge in [-0.1, -0.05) is 0 Å². The number of hydrogen-bond donors (Lipinski definition) is 0. The molecule has 0 aliphatic heterocycles. The summed E-state index contributed by atoms with van der Waals surface area (Å²) < 4.78 is 4.97. The molecule has 0 bridgehead atoms. The van der Waals surface area contributed by atoms with Crippen LogP contribution in [0.4, 0.5) is 0 Å². The lowest BCUT2D eigenvalue weighted by Crippen LogP contribution is -2.26. The fourth-order valence-electron chi connectivity index (χ4n) is 1.55. The maximum Gasteiger partial charge on any atom is 0.149 e. The molecule has 76 valence electrons. The zero-order valence-corrected chi connectivity index (χ0v) is 8.40. The maximum atomic E-state index is 11.5. The molecule has 1 saturated carbocycles. The van der Waals surface area contributed by atoms with Gasteiger partial charge in [0.2, 0.25) is 0 Å². The van der Waals surface area contributed by atoms with Gasteiger partial charge in [0.1, 0.15) is 5.78 Å². The lowest BCUT2D eigenvalue weighted by atomic mass is 10.2. The Balaban J connectivity index is 1.78. The molecule has 1 heterocycles. The summed E-state index contributed by atoms with van der Waals surface area (Å²) in [5.74, 6) is 0.748. The highest BCUT2D eigenvalue weighted by Crippen LogP contribution is 2.29. The van der Waals surface area contributed by atoms with Crippen LogP contribution >= 0.6 is 0 Å². The molecule has 0 spiro atoms. The maximum absolute atomic E-state index is 11.5. The second-order valence-corrected chi connectivity index (χ2v) is 4.04. The zero-order valence-electron chi connectivity index (χ0n) is 8.40. The highest BCUT2D eigenvalue weighted by atomic mass is 16.3. The topological polar surface area (TPSA) is 33.5 Å². The average Bonchev–Trinajstić information content (AvgIpc) is 2.87. The second-order valence-electron chi connectivity index (χ2n) is 4.04. The second kappa shape index (κ2) is 3.96. The first-order valence-electron chi connectivity index (χ1n) is 4.98. The van der Waals surface area contributed by atoms with Crippen LogP contribution in [0, 0.1) is 5.92 Å². The summed E-state index contributed by atoms with van der Waals surface area (Å²) in [5, 5.41) is 0. The van der Waals surface area contributed by atoms with Crippen molar-refractivity contribution in [2.45, 2.75) is 19.4 Å². The molecule has 0 N–H and O–H groups in total. The average molecular weight is 193 g/mol. The van der Waals surface area contributed by atoms with Crippen LogP contribution in [0.25, 0.3) is 0 Å². The van der Waals surface area contributed by atoms with Crippen molar-refractivity contribution in [3.63, 3.8) is 0 Å². The number of carbonyl (C=O) groups excluding carboxylic acids is 1.